The average Bonchev–Trinajstić information content (AvgIpc) is 2.37. The maximum Gasteiger partial charge on any atom is 0.0668 e. The van der Waals surface area contributed by atoms with Gasteiger partial charge in [0.05, 0.1) is 13.2 Å². The molecule has 18 heavy (non-hydrogen) atoms. The second-order valence-electron chi connectivity index (χ2n) is 4.67. The number of hydrogen-bond donors (Lipinski definition) is 1. The molecule has 0 aliphatic carbocycles. The summed E-state index contributed by atoms with van der Waals surface area (Å²) in [7, 11) is 0. The summed E-state index contributed by atoms with van der Waals surface area (Å²) >= 11 is 3.56. The third-order valence-electron chi connectivity index (χ3n) is 3.28. The number of ether oxygens (including phenoxy) is 1. The topological polar surface area (TPSA) is 24.5 Å². The summed E-state index contributed by atoms with van der Waals surface area (Å²) < 4.78 is 6.65. The van der Waals surface area contributed by atoms with Crippen LogP contribution in [0, 0.1) is 0 Å². The molecular formula is C14H21BrN2O. The minimum Gasteiger partial charge on any atom is -0.377 e. The molecule has 2 rings (SSSR count). The Hall–Kier alpha value is -0.580. The van der Waals surface area contributed by atoms with Gasteiger partial charge in [0.15, 0.2) is 0 Å². The first-order chi connectivity index (χ1) is 8.72. The van der Waals surface area contributed by atoms with E-state index in [2.05, 4.69) is 58.2 Å². The van der Waals surface area contributed by atoms with Gasteiger partial charge in [0.2, 0.25) is 0 Å². The molecule has 1 fully saturated rings. The average molecular weight is 313 g/mol. The van der Waals surface area contributed by atoms with Gasteiger partial charge in [-0.1, -0.05) is 22.9 Å². The van der Waals surface area contributed by atoms with Crippen molar-refractivity contribution in [3.63, 3.8) is 0 Å². The van der Waals surface area contributed by atoms with Gasteiger partial charge in [0.25, 0.3) is 0 Å². The van der Waals surface area contributed by atoms with Crippen molar-refractivity contribution in [3.05, 3.63) is 28.2 Å². The van der Waals surface area contributed by atoms with E-state index in [-0.39, 0.29) is 0 Å². The molecule has 1 aromatic rings. The first-order valence-corrected chi connectivity index (χ1v) is 7.35. The monoisotopic (exact) mass is 312 g/mol. The molecule has 0 bridgehead atoms. The zero-order chi connectivity index (χ0) is 13.0. The maximum atomic E-state index is 5.51. The molecule has 0 radical (unpaired) electrons. The van der Waals surface area contributed by atoms with E-state index in [0.717, 1.165) is 37.3 Å². The van der Waals surface area contributed by atoms with Crippen molar-refractivity contribution in [2.24, 2.45) is 0 Å². The van der Waals surface area contributed by atoms with Crippen LogP contribution in [0.25, 0.3) is 0 Å². The number of nitrogens with zero attached hydrogens (tertiary/aromatic N) is 1. The van der Waals surface area contributed by atoms with Crippen LogP contribution in [-0.2, 0) is 11.3 Å². The summed E-state index contributed by atoms with van der Waals surface area (Å²) in [5, 5.41) is 3.41. The highest BCUT2D eigenvalue weighted by Gasteiger charge is 2.21. The normalized spacial score (nSPS) is 20.2. The summed E-state index contributed by atoms with van der Waals surface area (Å²) in [6.45, 7) is 8.87. The molecule has 1 aliphatic heterocycles. The van der Waals surface area contributed by atoms with Crippen LogP contribution >= 0.6 is 15.9 Å². The molecule has 0 amide bonds. The highest BCUT2D eigenvalue weighted by Crippen LogP contribution is 2.27. The van der Waals surface area contributed by atoms with Gasteiger partial charge in [0, 0.05) is 29.3 Å². The quantitative estimate of drug-likeness (QED) is 0.925. The molecule has 0 saturated carbocycles. The van der Waals surface area contributed by atoms with E-state index in [4.69, 9.17) is 4.74 Å². The van der Waals surface area contributed by atoms with Crippen LogP contribution in [0.2, 0.25) is 0 Å². The summed E-state index contributed by atoms with van der Waals surface area (Å²) in [6, 6.07) is 6.98. The number of halogens is 1. The Morgan fingerprint density at radius 3 is 3.06 bits per heavy atom. The predicted octanol–water partition coefficient (Wildman–Crippen LogP) is 2.78. The Bertz CT molecular complexity index is 397. The van der Waals surface area contributed by atoms with Crippen molar-refractivity contribution in [1.29, 1.82) is 0 Å². The lowest BCUT2D eigenvalue weighted by Gasteiger charge is -2.36. The molecule has 1 aromatic carbocycles. The fourth-order valence-electron chi connectivity index (χ4n) is 2.32. The van der Waals surface area contributed by atoms with Gasteiger partial charge in [-0.15, -0.1) is 0 Å². The molecule has 1 N–H and O–H groups in total. The van der Waals surface area contributed by atoms with Gasteiger partial charge in [-0.2, -0.15) is 0 Å². The molecule has 1 saturated heterocycles. The lowest BCUT2D eigenvalue weighted by atomic mass is 10.1. The fourth-order valence-corrected chi connectivity index (χ4v) is 2.73. The van der Waals surface area contributed by atoms with Crippen LogP contribution in [0.5, 0.6) is 0 Å². The number of hydrogen-bond acceptors (Lipinski definition) is 3. The lowest BCUT2D eigenvalue weighted by molar-refractivity contribution is 0.0988. The van der Waals surface area contributed by atoms with Crippen LogP contribution in [0.3, 0.4) is 0 Å². The molecule has 0 aromatic heterocycles. The van der Waals surface area contributed by atoms with Crippen molar-refractivity contribution in [1.82, 2.24) is 5.32 Å². The largest absolute Gasteiger partial charge is 0.377 e. The number of benzene rings is 1. The molecule has 1 atom stereocenters. The van der Waals surface area contributed by atoms with Crippen LogP contribution in [0.15, 0.2) is 22.7 Å². The van der Waals surface area contributed by atoms with E-state index in [9.17, 15) is 0 Å². The Morgan fingerprint density at radius 1 is 1.50 bits per heavy atom. The summed E-state index contributed by atoms with van der Waals surface area (Å²) in [6.07, 6.45) is 0. The van der Waals surface area contributed by atoms with E-state index in [1.54, 1.807) is 0 Å². The highest BCUT2D eigenvalue weighted by molar-refractivity contribution is 9.10. The van der Waals surface area contributed by atoms with E-state index in [0.29, 0.717) is 6.04 Å². The van der Waals surface area contributed by atoms with Gasteiger partial charge in [-0.05, 0) is 37.2 Å². The van der Waals surface area contributed by atoms with Crippen molar-refractivity contribution in [2.75, 3.05) is 31.2 Å². The summed E-state index contributed by atoms with van der Waals surface area (Å²) in [4.78, 5) is 2.45. The standard InChI is InChI=1S/C14H21BrN2O/c1-3-16-9-12-8-13(15)4-5-14(12)17-6-7-18-10-11(17)2/h4-5,8,11,16H,3,6-7,9-10H2,1-2H3. The second-order valence-corrected chi connectivity index (χ2v) is 5.59. The van der Waals surface area contributed by atoms with Crippen LogP contribution in [-0.4, -0.2) is 32.3 Å². The van der Waals surface area contributed by atoms with Gasteiger partial charge >= 0.3 is 0 Å². The Labute approximate surface area is 118 Å². The van der Waals surface area contributed by atoms with Crippen molar-refractivity contribution < 1.29 is 4.74 Å². The third-order valence-corrected chi connectivity index (χ3v) is 3.78. The predicted molar refractivity (Wildman–Crippen MR) is 79.1 cm³/mol. The maximum absolute atomic E-state index is 5.51. The third kappa shape index (κ3) is 3.25. The summed E-state index contributed by atoms with van der Waals surface area (Å²) in [5.41, 5.74) is 2.68. The van der Waals surface area contributed by atoms with E-state index in [1.165, 1.54) is 11.3 Å². The first kappa shape index (κ1) is 13.8. The number of nitrogens with one attached hydrogen (secondary N) is 1. The Kier molecular flexibility index (Phi) is 5.03. The molecule has 0 spiro atoms. The zero-order valence-corrected chi connectivity index (χ0v) is 12.7. The molecule has 1 aliphatic rings. The molecule has 1 unspecified atom stereocenters. The molecule has 1 heterocycles. The molecular weight excluding hydrogens is 292 g/mol. The van der Waals surface area contributed by atoms with Crippen LogP contribution < -0.4 is 10.2 Å². The molecule has 100 valence electrons. The van der Waals surface area contributed by atoms with E-state index >= 15 is 0 Å². The molecule has 4 heteroatoms. The minimum atomic E-state index is 0.445. The first-order valence-electron chi connectivity index (χ1n) is 6.56. The molecule has 3 nitrogen and oxygen atoms in total. The summed E-state index contributed by atoms with van der Waals surface area (Å²) in [5.74, 6) is 0. The van der Waals surface area contributed by atoms with Gasteiger partial charge in [0.1, 0.15) is 0 Å². The van der Waals surface area contributed by atoms with Gasteiger partial charge in [-0.25, -0.2) is 0 Å². The van der Waals surface area contributed by atoms with Gasteiger partial charge < -0.3 is 15.0 Å². The minimum absolute atomic E-state index is 0.445. The Balaban J connectivity index is 2.24. The number of morpholine rings is 1. The highest BCUT2D eigenvalue weighted by atomic mass is 79.9. The lowest BCUT2D eigenvalue weighted by Crippen LogP contribution is -2.44. The Morgan fingerprint density at radius 2 is 2.33 bits per heavy atom. The van der Waals surface area contributed by atoms with Crippen molar-refractivity contribution in [2.45, 2.75) is 26.4 Å². The van der Waals surface area contributed by atoms with Crippen molar-refractivity contribution in [3.8, 4) is 0 Å². The fraction of sp³-hybridized carbons (Fsp3) is 0.571. The number of anilines is 1. The van der Waals surface area contributed by atoms with Crippen LogP contribution in [0.1, 0.15) is 19.4 Å². The van der Waals surface area contributed by atoms with E-state index < -0.39 is 0 Å². The van der Waals surface area contributed by atoms with Gasteiger partial charge in [-0.3, -0.25) is 0 Å². The smallest absolute Gasteiger partial charge is 0.0668 e. The van der Waals surface area contributed by atoms with Crippen molar-refractivity contribution >= 4 is 21.6 Å². The SMILES string of the molecule is CCNCc1cc(Br)ccc1N1CCOCC1C. The van der Waals surface area contributed by atoms with Crippen LogP contribution in [0.4, 0.5) is 5.69 Å². The zero-order valence-electron chi connectivity index (χ0n) is 11.1. The second kappa shape index (κ2) is 6.55. The number of rotatable bonds is 4. The van der Waals surface area contributed by atoms with E-state index in [1.807, 2.05) is 0 Å².